The summed E-state index contributed by atoms with van der Waals surface area (Å²) < 4.78 is 5.46. The number of piperidine rings is 1. The van der Waals surface area contributed by atoms with Crippen LogP contribution in [0.2, 0.25) is 0 Å². The Kier molecular flexibility index (Phi) is 8.34. The molecule has 0 saturated carbocycles. The second-order valence-electron chi connectivity index (χ2n) is 8.97. The second-order valence-corrected chi connectivity index (χ2v) is 8.97. The van der Waals surface area contributed by atoms with E-state index in [1.54, 1.807) is 9.80 Å². The van der Waals surface area contributed by atoms with Crippen LogP contribution in [0.3, 0.4) is 0 Å². The van der Waals surface area contributed by atoms with Crippen molar-refractivity contribution < 1.29 is 19.1 Å². The standard InChI is InChI=1S/C29H31N3O4/c1-22-9-8-14-26(19-22)32(20-23-10-4-2-5-11-23)27(33)21-36-28(34)24-15-17-31(18-16-24)29(35)30-25-12-6-3-7-13-25/h2-14,19,24H,15-18,20-21H2,1H3,(H,30,35). The third-order valence-corrected chi connectivity index (χ3v) is 6.28. The first kappa shape index (κ1) is 25.0. The lowest BCUT2D eigenvalue weighted by atomic mass is 9.97. The number of hydrogen-bond donors (Lipinski definition) is 1. The Morgan fingerprint density at radius 1 is 0.917 bits per heavy atom. The fourth-order valence-electron chi connectivity index (χ4n) is 4.26. The highest BCUT2D eigenvalue weighted by atomic mass is 16.5. The highest BCUT2D eigenvalue weighted by Gasteiger charge is 2.29. The van der Waals surface area contributed by atoms with Gasteiger partial charge in [-0.3, -0.25) is 9.59 Å². The summed E-state index contributed by atoms with van der Waals surface area (Å²) in [6.07, 6.45) is 1.00. The molecule has 1 aliphatic rings. The van der Waals surface area contributed by atoms with Crippen molar-refractivity contribution >= 4 is 29.3 Å². The maximum Gasteiger partial charge on any atom is 0.321 e. The van der Waals surface area contributed by atoms with Gasteiger partial charge in [0, 0.05) is 24.5 Å². The first-order valence-electron chi connectivity index (χ1n) is 12.2. The summed E-state index contributed by atoms with van der Waals surface area (Å²) in [5, 5.41) is 2.87. The zero-order chi connectivity index (χ0) is 25.3. The molecular weight excluding hydrogens is 454 g/mol. The number of benzene rings is 3. The molecule has 0 spiro atoms. The first-order chi connectivity index (χ1) is 17.5. The highest BCUT2D eigenvalue weighted by Crippen LogP contribution is 2.22. The van der Waals surface area contributed by atoms with Crippen molar-refractivity contribution in [2.75, 3.05) is 29.9 Å². The van der Waals surface area contributed by atoms with Gasteiger partial charge in [0.15, 0.2) is 6.61 Å². The lowest BCUT2D eigenvalue weighted by Gasteiger charge is -2.31. The highest BCUT2D eigenvalue weighted by molar-refractivity contribution is 5.95. The van der Waals surface area contributed by atoms with E-state index in [9.17, 15) is 14.4 Å². The normalized spacial score (nSPS) is 13.6. The van der Waals surface area contributed by atoms with Crippen LogP contribution < -0.4 is 10.2 Å². The molecule has 1 saturated heterocycles. The number of nitrogens with one attached hydrogen (secondary N) is 1. The molecule has 1 fully saturated rings. The molecule has 186 valence electrons. The average Bonchev–Trinajstić information content (AvgIpc) is 2.91. The van der Waals surface area contributed by atoms with Crippen molar-refractivity contribution in [3.63, 3.8) is 0 Å². The second kappa shape index (κ2) is 12.0. The quantitative estimate of drug-likeness (QED) is 0.477. The van der Waals surface area contributed by atoms with Crippen LogP contribution in [0.25, 0.3) is 0 Å². The summed E-state index contributed by atoms with van der Waals surface area (Å²) in [5.41, 5.74) is 3.52. The Morgan fingerprint density at radius 2 is 1.58 bits per heavy atom. The summed E-state index contributed by atoms with van der Waals surface area (Å²) >= 11 is 0. The number of likely N-dealkylation sites (tertiary alicyclic amines) is 1. The zero-order valence-electron chi connectivity index (χ0n) is 20.4. The number of rotatable bonds is 7. The number of nitrogens with zero attached hydrogens (tertiary/aromatic N) is 2. The lowest BCUT2D eigenvalue weighted by Crippen LogP contribution is -2.43. The van der Waals surface area contributed by atoms with Gasteiger partial charge in [0.25, 0.3) is 5.91 Å². The van der Waals surface area contributed by atoms with Crippen LogP contribution in [0.4, 0.5) is 16.2 Å². The third-order valence-electron chi connectivity index (χ3n) is 6.28. The number of amides is 3. The molecule has 0 atom stereocenters. The number of hydrogen-bond acceptors (Lipinski definition) is 4. The Labute approximate surface area is 211 Å². The predicted octanol–water partition coefficient (Wildman–Crippen LogP) is 5.02. The van der Waals surface area contributed by atoms with Crippen molar-refractivity contribution in [1.29, 1.82) is 0 Å². The van der Waals surface area contributed by atoms with E-state index >= 15 is 0 Å². The summed E-state index contributed by atoms with van der Waals surface area (Å²) in [5.74, 6) is -1.01. The van der Waals surface area contributed by atoms with E-state index < -0.39 is 5.97 Å². The summed E-state index contributed by atoms with van der Waals surface area (Å²) in [7, 11) is 0. The van der Waals surface area contributed by atoms with Gasteiger partial charge in [-0.15, -0.1) is 0 Å². The summed E-state index contributed by atoms with van der Waals surface area (Å²) in [4.78, 5) is 41.7. The van der Waals surface area contributed by atoms with Gasteiger partial charge in [0.1, 0.15) is 0 Å². The van der Waals surface area contributed by atoms with Gasteiger partial charge in [-0.2, -0.15) is 0 Å². The van der Waals surface area contributed by atoms with E-state index in [1.807, 2.05) is 91.9 Å². The van der Waals surface area contributed by atoms with Crippen molar-refractivity contribution in [2.24, 2.45) is 5.92 Å². The minimum Gasteiger partial charge on any atom is -0.455 e. The zero-order valence-corrected chi connectivity index (χ0v) is 20.4. The maximum atomic E-state index is 13.1. The van der Waals surface area contributed by atoms with Crippen molar-refractivity contribution in [2.45, 2.75) is 26.3 Å². The Morgan fingerprint density at radius 3 is 2.25 bits per heavy atom. The van der Waals surface area contributed by atoms with Crippen molar-refractivity contribution in [3.8, 4) is 0 Å². The van der Waals surface area contributed by atoms with E-state index in [4.69, 9.17) is 4.74 Å². The van der Waals surface area contributed by atoms with Gasteiger partial charge in [0.05, 0.1) is 12.5 Å². The monoisotopic (exact) mass is 485 g/mol. The number of carbonyl (C=O) groups excluding carboxylic acids is 3. The third kappa shape index (κ3) is 6.72. The molecule has 4 rings (SSSR count). The van der Waals surface area contributed by atoms with E-state index in [0.29, 0.717) is 32.5 Å². The number of urea groups is 1. The molecule has 3 amide bonds. The van der Waals surface area contributed by atoms with E-state index in [-0.39, 0.29) is 24.5 Å². The Hall–Kier alpha value is -4.13. The summed E-state index contributed by atoms with van der Waals surface area (Å²) in [6.45, 7) is 2.94. The van der Waals surface area contributed by atoms with Gasteiger partial charge >= 0.3 is 12.0 Å². The van der Waals surface area contributed by atoms with Gasteiger partial charge in [0.2, 0.25) is 0 Å². The van der Waals surface area contributed by atoms with Crippen LogP contribution in [0.1, 0.15) is 24.0 Å². The van der Waals surface area contributed by atoms with Crippen LogP contribution in [0.15, 0.2) is 84.9 Å². The molecule has 3 aromatic rings. The smallest absolute Gasteiger partial charge is 0.321 e. The molecule has 1 aliphatic heterocycles. The van der Waals surface area contributed by atoms with Crippen LogP contribution in [0.5, 0.6) is 0 Å². The molecule has 0 aromatic heterocycles. The molecule has 0 unspecified atom stereocenters. The van der Waals surface area contributed by atoms with E-state index in [0.717, 1.165) is 22.5 Å². The molecule has 1 heterocycles. The topological polar surface area (TPSA) is 79.0 Å². The number of aryl methyl sites for hydroxylation is 1. The fourth-order valence-corrected chi connectivity index (χ4v) is 4.26. The van der Waals surface area contributed by atoms with Crippen LogP contribution in [-0.4, -0.2) is 42.5 Å². The fraction of sp³-hybridized carbons (Fsp3) is 0.276. The number of carbonyl (C=O) groups is 3. The molecule has 36 heavy (non-hydrogen) atoms. The van der Waals surface area contributed by atoms with Crippen molar-refractivity contribution in [3.05, 3.63) is 96.1 Å². The number of anilines is 2. The van der Waals surface area contributed by atoms with E-state index in [2.05, 4.69) is 5.32 Å². The minimum atomic E-state index is -0.393. The molecule has 1 N–H and O–H groups in total. The molecule has 7 heteroatoms. The van der Waals surface area contributed by atoms with Gasteiger partial charge in [-0.05, 0) is 55.2 Å². The van der Waals surface area contributed by atoms with Crippen LogP contribution in [0, 0.1) is 12.8 Å². The SMILES string of the molecule is Cc1cccc(N(Cc2ccccc2)C(=O)COC(=O)C2CCN(C(=O)Nc3ccccc3)CC2)c1. The minimum absolute atomic E-state index is 0.182. The number of para-hydroxylation sites is 1. The van der Waals surface area contributed by atoms with E-state index in [1.165, 1.54) is 0 Å². The predicted molar refractivity (Wildman–Crippen MR) is 140 cm³/mol. The number of esters is 1. The molecule has 3 aromatic carbocycles. The largest absolute Gasteiger partial charge is 0.455 e. The maximum absolute atomic E-state index is 13.1. The molecule has 0 aliphatic carbocycles. The molecule has 0 bridgehead atoms. The van der Waals surface area contributed by atoms with Crippen molar-refractivity contribution in [1.82, 2.24) is 4.90 Å². The molecular formula is C29H31N3O4. The first-order valence-corrected chi connectivity index (χ1v) is 12.2. The average molecular weight is 486 g/mol. The van der Waals surface area contributed by atoms with Gasteiger partial charge in [-0.1, -0.05) is 60.7 Å². The Bertz CT molecular complexity index is 1180. The van der Waals surface area contributed by atoms with Crippen LogP contribution in [-0.2, 0) is 20.9 Å². The molecule has 7 nitrogen and oxygen atoms in total. The summed E-state index contributed by atoms with van der Waals surface area (Å²) in [6, 6.07) is 26.5. The van der Waals surface area contributed by atoms with Gasteiger partial charge in [-0.25, -0.2) is 4.79 Å². The van der Waals surface area contributed by atoms with Gasteiger partial charge < -0.3 is 19.9 Å². The molecule has 0 radical (unpaired) electrons. The van der Waals surface area contributed by atoms with Crippen LogP contribution >= 0.6 is 0 Å². The Balaban J connectivity index is 1.30. The number of ether oxygens (including phenoxy) is 1. The lowest BCUT2D eigenvalue weighted by molar-refractivity contribution is -0.153.